The normalized spacial score (nSPS) is 24.4. The average molecular weight is 242 g/mol. The highest BCUT2D eigenvalue weighted by Gasteiger charge is 2.28. The third-order valence-electron chi connectivity index (χ3n) is 2.51. The van der Waals surface area contributed by atoms with E-state index in [1.807, 2.05) is 0 Å². The molecule has 1 saturated heterocycles. The van der Waals surface area contributed by atoms with E-state index in [9.17, 15) is 13.2 Å². The smallest absolute Gasteiger partial charge is 0.311 e. The van der Waals surface area contributed by atoms with Crippen LogP contribution >= 0.6 is 11.8 Å². The van der Waals surface area contributed by atoms with E-state index in [0.717, 1.165) is 26.1 Å². The molecule has 1 aliphatic rings. The molecule has 0 spiro atoms. The van der Waals surface area contributed by atoms with Gasteiger partial charge in [-0.25, -0.2) is 0 Å². The molecule has 90 valence electrons. The van der Waals surface area contributed by atoms with E-state index < -0.39 is 5.51 Å². The minimum Gasteiger partial charge on any atom is -0.311 e. The summed E-state index contributed by atoms with van der Waals surface area (Å²) in [7, 11) is 0. The van der Waals surface area contributed by atoms with Crippen LogP contribution in [0.2, 0.25) is 0 Å². The van der Waals surface area contributed by atoms with E-state index >= 15 is 0 Å². The third-order valence-corrected chi connectivity index (χ3v) is 3.22. The molecule has 0 aromatic heterocycles. The van der Waals surface area contributed by atoms with Crippen LogP contribution in [0.1, 0.15) is 13.3 Å². The lowest BCUT2D eigenvalue weighted by molar-refractivity contribution is -0.0329. The number of nitrogens with zero attached hydrogens (tertiary/aromatic N) is 1. The first-order valence-electron chi connectivity index (χ1n) is 5.17. The molecule has 6 heteroatoms. The van der Waals surface area contributed by atoms with E-state index in [2.05, 4.69) is 17.1 Å². The lowest BCUT2D eigenvalue weighted by Crippen LogP contribution is -2.50. The molecule has 1 aliphatic heterocycles. The molecule has 0 aromatic rings. The zero-order chi connectivity index (χ0) is 11.3. The van der Waals surface area contributed by atoms with Crippen LogP contribution < -0.4 is 5.32 Å². The Balaban J connectivity index is 2.15. The molecule has 0 bridgehead atoms. The molecule has 1 rings (SSSR count). The summed E-state index contributed by atoms with van der Waals surface area (Å²) in [5.74, 6) is 0.139. The Morgan fingerprint density at radius 3 is 2.80 bits per heavy atom. The number of hydrogen-bond acceptors (Lipinski definition) is 3. The minimum absolute atomic E-state index is 0.0740. The fourth-order valence-electron chi connectivity index (χ4n) is 1.66. The Labute approximate surface area is 92.6 Å². The van der Waals surface area contributed by atoms with Gasteiger partial charge in [0.15, 0.2) is 0 Å². The van der Waals surface area contributed by atoms with Crippen LogP contribution in [0.5, 0.6) is 0 Å². The van der Waals surface area contributed by atoms with E-state index in [-0.39, 0.29) is 17.5 Å². The minimum atomic E-state index is -4.09. The summed E-state index contributed by atoms with van der Waals surface area (Å²) in [6.45, 7) is 5.23. The van der Waals surface area contributed by atoms with Gasteiger partial charge in [-0.05, 0) is 18.2 Å². The van der Waals surface area contributed by atoms with Crippen LogP contribution in [0.4, 0.5) is 13.2 Å². The highest BCUT2D eigenvalue weighted by molar-refractivity contribution is 8.00. The Morgan fingerprint density at radius 2 is 2.20 bits per heavy atom. The van der Waals surface area contributed by atoms with Gasteiger partial charge in [0.05, 0.1) is 0 Å². The summed E-state index contributed by atoms with van der Waals surface area (Å²) < 4.78 is 35.7. The van der Waals surface area contributed by atoms with Crippen molar-refractivity contribution in [1.82, 2.24) is 10.2 Å². The number of nitrogens with one attached hydrogen (secondary N) is 1. The van der Waals surface area contributed by atoms with E-state index in [1.54, 1.807) is 0 Å². The Bertz CT molecular complexity index is 187. The van der Waals surface area contributed by atoms with Crippen LogP contribution in [0.15, 0.2) is 0 Å². The maximum atomic E-state index is 11.9. The summed E-state index contributed by atoms with van der Waals surface area (Å²) >= 11 is 0.0740. The van der Waals surface area contributed by atoms with Gasteiger partial charge < -0.3 is 5.32 Å². The lowest BCUT2D eigenvalue weighted by atomic mass is 10.1. The largest absolute Gasteiger partial charge is 0.441 e. The maximum Gasteiger partial charge on any atom is 0.441 e. The molecular weight excluding hydrogens is 225 g/mol. The number of rotatable bonds is 4. The molecular formula is C9H17F3N2S. The number of thioether (sulfide) groups is 1. The average Bonchev–Trinajstić information content (AvgIpc) is 2.16. The molecule has 0 saturated carbocycles. The standard InChI is InChI=1S/C9H17F3N2S/c1-2-8-7-14(4-3-13-8)5-6-15-9(10,11)12/h8,13H,2-7H2,1H3. The second-order valence-corrected chi connectivity index (χ2v) is 4.81. The van der Waals surface area contributed by atoms with Gasteiger partial charge in [-0.3, -0.25) is 4.90 Å². The van der Waals surface area contributed by atoms with Gasteiger partial charge in [0.25, 0.3) is 0 Å². The predicted molar refractivity (Wildman–Crippen MR) is 57.0 cm³/mol. The van der Waals surface area contributed by atoms with Crippen molar-refractivity contribution in [1.29, 1.82) is 0 Å². The van der Waals surface area contributed by atoms with Crippen molar-refractivity contribution in [3.8, 4) is 0 Å². The van der Waals surface area contributed by atoms with Crippen LogP contribution in [0, 0.1) is 0 Å². The topological polar surface area (TPSA) is 15.3 Å². The van der Waals surface area contributed by atoms with E-state index in [1.165, 1.54) is 0 Å². The van der Waals surface area contributed by atoms with Gasteiger partial charge in [-0.15, -0.1) is 0 Å². The highest BCUT2D eigenvalue weighted by Crippen LogP contribution is 2.29. The first kappa shape index (κ1) is 13.1. The second-order valence-electron chi connectivity index (χ2n) is 3.65. The Morgan fingerprint density at radius 1 is 1.47 bits per heavy atom. The molecule has 1 unspecified atom stereocenters. The SMILES string of the molecule is CCC1CN(CCSC(F)(F)F)CCN1. The van der Waals surface area contributed by atoms with Crippen molar-refractivity contribution in [3.05, 3.63) is 0 Å². The second kappa shape index (κ2) is 5.96. The van der Waals surface area contributed by atoms with Crippen LogP contribution in [0.25, 0.3) is 0 Å². The van der Waals surface area contributed by atoms with Gasteiger partial charge in [0, 0.05) is 38.0 Å². The lowest BCUT2D eigenvalue weighted by Gasteiger charge is -2.33. The molecule has 1 N–H and O–H groups in total. The van der Waals surface area contributed by atoms with Crippen molar-refractivity contribution in [2.75, 3.05) is 31.9 Å². The van der Waals surface area contributed by atoms with Crippen molar-refractivity contribution in [3.63, 3.8) is 0 Å². The molecule has 1 atom stereocenters. The molecule has 0 radical (unpaired) electrons. The van der Waals surface area contributed by atoms with Crippen molar-refractivity contribution in [2.24, 2.45) is 0 Å². The summed E-state index contributed by atoms with van der Waals surface area (Å²) in [5, 5.41) is 3.33. The quantitative estimate of drug-likeness (QED) is 0.811. The fourth-order valence-corrected chi connectivity index (χ4v) is 2.24. The van der Waals surface area contributed by atoms with Crippen molar-refractivity contribution in [2.45, 2.75) is 24.9 Å². The van der Waals surface area contributed by atoms with Gasteiger partial charge in [-0.1, -0.05) is 6.92 Å². The summed E-state index contributed by atoms with van der Waals surface area (Å²) in [6.07, 6.45) is 1.03. The molecule has 2 nitrogen and oxygen atoms in total. The van der Waals surface area contributed by atoms with E-state index in [4.69, 9.17) is 0 Å². The van der Waals surface area contributed by atoms with Gasteiger partial charge >= 0.3 is 5.51 Å². The maximum absolute atomic E-state index is 11.9. The summed E-state index contributed by atoms with van der Waals surface area (Å²) in [5.41, 5.74) is -4.09. The third kappa shape index (κ3) is 5.63. The molecule has 1 fully saturated rings. The van der Waals surface area contributed by atoms with Crippen LogP contribution in [-0.4, -0.2) is 48.4 Å². The first-order chi connectivity index (χ1) is 7.01. The molecule has 0 amide bonds. The number of piperazine rings is 1. The van der Waals surface area contributed by atoms with Crippen molar-refractivity contribution >= 4 is 11.8 Å². The monoisotopic (exact) mass is 242 g/mol. The first-order valence-corrected chi connectivity index (χ1v) is 6.16. The van der Waals surface area contributed by atoms with Gasteiger partial charge in [0.1, 0.15) is 0 Å². The van der Waals surface area contributed by atoms with Crippen LogP contribution in [0.3, 0.4) is 0 Å². The van der Waals surface area contributed by atoms with Gasteiger partial charge in [0.2, 0.25) is 0 Å². The number of halogens is 3. The fraction of sp³-hybridized carbons (Fsp3) is 1.00. The predicted octanol–water partition coefficient (Wildman–Crippen LogP) is 1.92. The van der Waals surface area contributed by atoms with Crippen molar-refractivity contribution < 1.29 is 13.2 Å². The summed E-state index contributed by atoms with van der Waals surface area (Å²) in [6, 6.07) is 0.439. The number of alkyl halides is 3. The highest BCUT2D eigenvalue weighted by atomic mass is 32.2. The van der Waals surface area contributed by atoms with Gasteiger partial charge in [-0.2, -0.15) is 13.2 Å². The zero-order valence-electron chi connectivity index (χ0n) is 8.81. The zero-order valence-corrected chi connectivity index (χ0v) is 9.63. The molecule has 1 heterocycles. The van der Waals surface area contributed by atoms with Crippen LogP contribution in [-0.2, 0) is 0 Å². The molecule has 0 aromatic carbocycles. The van der Waals surface area contributed by atoms with E-state index in [0.29, 0.717) is 12.6 Å². The summed E-state index contributed by atoms with van der Waals surface area (Å²) in [4.78, 5) is 2.10. The Kier molecular flexibility index (Phi) is 5.22. The molecule has 0 aliphatic carbocycles. The Hall–Kier alpha value is 0.0600. The molecule has 15 heavy (non-hydrogen) atoms. The number of hydrogen-bond donors (Lipinski definition) is 1.